The second-order valence-electron chi connectivity index (χ2n) is 7.18. The Labute approximate surface area is 120 Å². The molecule has 0 aromatic rings. The number of carbonyl (C=O) groups is 1. The molecule has 2 heteroatoms. The zero-order chi connectivity index (χ0) is 15.3. The maximum Gasteiger partial charge on any atom is 0.311 e. The van der Waals surface area contributed by atoms with Crippen LogP contribution in [0, 0.1) is 16.7 Å². The fraction of sp³-hybridized carbons (Fsp3) is 0.941. The molecule has 0 bridgehead atoms. The first kappa shape index (κ1) is 18.5. The van der Waals surface area contributed by atoms with Crippen molar-refractivity contribution in [3.8, 4) is 0 Å². The first-order valence-electron chi connectivity index (χ1n) is 7.87. The lowest BCUT2D eigenvalue weighted by Gasteiger charge is -2.39. The molecule has 0 saturated heterocycles. The molecule has 0 aromatic carbocycles. The van der Waals surface area contributed by atoms with Gasteiger partial charge in [0.1, 0.15) is 6.10 Å². The molecule has 1 aliphatic carbocycles. The first-order valence-corrected chi connectivity index (χ1v) is 7.87. The van der Waals surface area contributed by atoms with Gasteiger partial charge in [0.2, 0.25) is 0 Å². The van der Waals surface area contributed by atoms with Gasteiger partial charge in [0.05, 0.1) is 5.41 Å². The van der Waals surface area contributed by atoms with Gasteiger partial charge in [0, 0.05) is 0 Å². The Balaban J connectivity index is 0.00000154. The number of carbonyl (C=O) groups excluding carboxylic acids is 1. The topological polar surface area (TPSA) is 26.3 Å². The molecule has 0 aromatic heterocycles. The third-order valence-electron chi connectivity index (χ3n) is 4.06. The lowest BCUT2D eigenvalue weighted by atomic mass is 9.71. The van der Waals surface area contributed by atoms with Crippen LogP contribution in [-0.4, -0.2) is 12.1 Å². The third-order valence-corrected chi connectivity index (χ3v) is 4.06. The van der Waals surface area contributed by atoms with Crippen molar-refractivity contribution in [3.05, 3.63) is 0 Å². The maximum atomic E-state index is 12.1. The number of ether oxygens (including phenoxy) is 1. The normalized spacial score (nSPS) is 26.1. The van der Waals surface area contributed by atoms with Crippen molar-refractivity contribution in [1.29, 1.82) is 0 Å². The van der Waals surface area contributed by atoms with Gasteiger partial charge in [-0.15, -0.1) is 0 Å². The molecule has 1 rings (SSSR count). The first-order chi connectivity index (χ1) is 8.66. The Morgan fingerprint density at radius 3 is 2.21 bits per heavy atom. The van der Waals surface area contributed by atoms with Crippen LogP contribution >= 0.6 is 0 Å². The Morgan fingerprint density at radius 2 is 1.79 bits per heavy atom. The maximum absolute atomic E-state index is 12.1. The second kappa shape index (κ2) is 7.31. The number of esters is 1. The SMILES string of the molecule is CC.CCC(C)(C)C(=O)OC1CC(C)CC(C)(C)C1. The van der Waals surface area contributed by atoms with Crippen LogP contribution in [0.3, 0.4) is 0 Å². The van der Waals surface area contributed by atoms with Gasteiger partial charge in [0.25, 0.3) is 0 Å². The highest BCUT2D eigenvalue weighted by atomic mass is 16.5. The Bertz CT molecular complexity index is 279. The fourth-order valence-corrected chi connectivity index (χ4v) is 2.80. The van der Waals surface area contributed by atoms with Crippen molar-refractivity contribution >= 4 is 5.97 Å². The Morgan fingerprint density at radius 1 is 1.26 bits per heavy atom. The Hall–Kier alpha value is -0.530. The largest absolute Gasteiger partial charge is 0.462 e. The Kier molecular flexibility index (Phi) is 7.10. The van der Waals surface area contributed by atoms with Gasteiger partial charge in [0.15, 0.2) is 0 Å². The minimum Gasteiger partial charge on any atom is -0.462 e. The quantitative estimate of drug-likeness (QED) is 0.658. The summed E-state index contributed by atoms with van der Waals surface area (Å²) >= 11 is 0. The molecule has 0 radical (unpaired) electrons. The van der Waals surface area contributed by atoms with Gasteiger partial charge in [-0.3, -0.25) is 4.79 Å². The van der Waals surface area contributed by atoms with Crippen LogP contribution < -0.4 is 0 Å². The van der Waals surface area contributed by atoms with Crippen LogP contribution in [0.2, 0.25) is 0 Å². The molecule has 1 aliphatic rings. The summed E-state index contributed by atoms with van der Waals surface area (Å²) in [5.41, 5.74) is -0.0379. The predicted octanol–water partition coefficient (Wildman–Crippen LogP) is 5.21. The molecule has 2 unspecified atom stereocenters. The molecule has 1 saturated carbocycles. The minimum atomic E-state index is -0.342. The molecule has 114 valence electrons. The third kappa shape index (κ3) is 5.97. The van der Waals surface area contributed by atoms with E-state index in [4.69, 9.17) is 4.74 Å². The van der Waals surface area contributed by atoms with Gasteiger partial charge in [-0.05, 0) is 50.9 Å². The molecule has 1 fully saturated rings. The van der Waals surface area contributed by atoms with Crippen LogP contribution in [-0.2, 0) is 9.53 Å². The van der Waals surface area contributed by atoms with Crippen molar-refractivity contribution in [1.82, 2.24) is 0 Å². The van der Waals surface area contributed by atoms with E-state index in [2.05, 4.69) is 20.8 Å². The van der Waals surface area contributed by atoms with E-state index >= 15 is 0 Å². The van der Waals surface area contributed by atoms with Crippen LogP contribution in [0.5, 0.6) is 0 Å². The summed E-state index contributed by atoms with van der Waals surface area (Å²) < 4.78 is 5.71. The van der Waals surface area contributed by atoms with Gasteiger partial charge < -0.3 is 4.74 Å². The van der Waals surface area contributed by atoms with Crippen LogP contribution in [0.15, 0.2) is 0 Å². The molecule has 0 amide bonds. The summed E-state index contributed by atoms with van der Waals surface area (Å²) in [4.78, 5) is 12.1. The van der Waals surface area contributed by atoms with E-state index in [9.17, 15) is 4.79 Å². The predicted molar refractivity (Wildman–Crippen MR) is 82.1 cm³/mol. The second-order valence-corrected chi connectivity index (χ2v) is 7.18. The summed E-state index contributed by atoms with van der Waals surface area (Å²) in [7, 11) is 0. The number of hydrogen-bond donors (Lipinski definition) is 0. The van der Waals surface area contributed by atoms with E-state index in [1.807, 2.05) is 34.6 Å². The molecule has 0 heterocycles. The summed E-state index contributed by atoms with van der Waals surface area (Å²) in [6.45, 7) is 16.8. The molecule has 2 nitrogen and oxygen atoms in total. The van der Waals surface area contributed by atoms with Gasteiger partial charge in [-0.1, -0.05) is 41.5 Å². The molecule has 0 N–H and O–H groups in total. The van der Waals surface area contributed by atoms with E-state index < -0.39 is 0 Å². The zero-order valence-corrected chi connectivity index (χ0v) is 14.3. The molecular weight excluding hydrogens is 236 g/mol. The number of hydrogen-bond acceptors (Lipinski definition) is 2. The van der Waals surface area contributed by atoms with Crippen LogP contribution in [0.25, 0.3) is 0 Å². The highest BCUT2D eigenvalue weighted by Crippen LogP contribution is 2.40. The summed E-state index contributed by atoms with van der Waals surface area (Å²) in [6, 6.07) is 0. The van der Waals surface area contributed by atoms with Gasteiger partial charge in [-0.2, -0.15) is 0 Å². The average Bonchev–Trinajstić information content (AvgIpc) is 2.28. The highest BCUT2D eigenvalue weighted by Gasteiger charge is 2.36. The lowest BCUT2D eigenvalue weighted by Crippen LogP contribution is -2.37. The van der Waals surface area contributed by atoms with E-state index in [-0.39, 0.29) is 17.5 Å². The smallest absolute Gasteiger partial charge is 0.311 e. The molecule has 0 aliphatic heterocycles. The zero-order valence-electron chi connectivity index (χ0n) is 14.3. The minimum absolute atomic E-state index is 0.0325. The van der Waals surface area contributed by atoms with Crippen molar-refractivity contribution < 1.29 is 9.53 Å². The van der Waals surface area contributed by atoms with Crippen molar-refractivity contribution in [2.45, 2.75) is 87.2 Å². The average molecular weight is 270 g/mol. The molecule has 2 atom stereocenters. The van der Waals surface area contributed by atoms with E-state index in [1.54, 1.807) is 0 Å². The van der Waals surface area contributed by atoms with E-state index in [0.717, 1.165) is 19.3 Å². The highest BCUT2D eigenvalue weighted by molar-refractivity contribution is 5.76. The van der Waals surface area contributed by atoms with Crippen LogP contribution in [0.4, 0.5) is 0 Å². The summed E-state index contributed by atoms with van der Waals surface area (Å²) in [6.07, 6.45) is 4.21. The summed E-state index contributed by atoms with van der Waals surface area (Å²) in [5.74, 6) is 0.621. The lowest BCUT2D eigenvalue weighted by molar-refractivity contribution is -0.164. The monoisotopic (exact) mass is 270 g/mol. The molecular formula is C17H34O2. The standard InChI is InChI=1S/C15H28O2.C2H6/c1-7-15(5,6)13(16)17-12-8-11(2)9-14(3,4)10-12;1-2/h11-12H,7-10H2,1-6H3;1-2H3. The van der Waals surface area contributed by atoms with Gasteiger partial charge >= 0.3 is 5.97 Å². The van der Waals surface area contributed by atoms with Crippen molar-refractivity contribution in [3.63, 3.8) is 0 Å². The van der Waals surface area contributed by atoms with Gasteiger partial charge in [-0.25, -0.2) is 0 Å². The summed E-state index contributed by atoms with van der Waals surface area (Å²) in [5, 5.41) is 0. The van der Waals surface area contributed by atoms with E-state index in [1.165, 1.54) is 6.42 Å². The molecule has 19 heavy (non-hydrogen) atoms. The van der Waals surface area contributed by atoms with Crippen molar-refractivity contribution in [2.75, 3.05) is 0 Å². The van der Waals surface area contributed by atoms with Crippen molar-refractivity contribution in [2.24, 2.45) is 16.7 Å². The number of rotatable bonds is 3. The van der Waals surface area contributed by atoms with E-state index in [0.29, 0.717) is 11.3 Å². The van der Waals surface area contributed by atoms with Crippen LogP contribution in [0.1, 0.15) is 81.1 Å². The fourth-order valence-electron chi connectivity index (χ4n) is 2.80. The molecule has 0 spiro atoms.